The maximum atomic E-state index is 10.3. The van der Waals surface area contributed by atoms with Crippen LogP contribution in [0.5, 0.6) is 11.5 Å². The quantitative estimate of drug-likeness (QED) is 0.521. The van der Waals surface area contributed by atoms with Crippen molar-refractivity contribution in [2.45, 2.75) is 73.1 Å². The van der Waals surface area contributed by atoms with Crippen LogP contribution in [0.15, 0.2) is 35.4 Å². The van der Waals surface area contributed by atoms with Crippen LogP contribution in [0, 0.1) is 5.92 Å². The molecule has 1 rings (SSSR count). The molecule has 1 atom stereocenters. The second kappa shape index (κ2) is 10.2. The Labute approximate surface area is 147 Å². The molecule has 2 heteroatoms. The lowest BCUT2D eigenvalue weighted by molar-refractivity contribution is 0.438. The number of aromatic hydroxyl groups is 2. The zero-order valence-corrected chi connectivity index (χ0v) is 16.0. The Morgan fingerprint density at radius 1 is 1.08 bits per heavy atom. The molecule has 0 saturated carbocycles. The number of hydrogen-bond acceptors (Lipinski definition) is 2. The number of aryl methyl sites for hydroxylation is 1. The van der Waals surface area contributed by atoms with Gasteiger partial charge in [-0.1, -0.05) is 43.6 Å². The van der Waals surface area contributed by atoms with Gasteiger partial charge < -0.3 is 10.2 Å². The molecule has 0 heterocycles. The Morgan fingerprint density at radius 3 is 2.25 bits per heavy atom. The third-order valence-electron chi connectivity index (χ3n) is 4.63. The largest absolute Gasteiger partial charge is 0.508 e. The fourth-order valence-electron chi connectivity index (χ4n) is 2.64. The molecule has 2 nitrogen and oxygen atoms in total. The smallest absolute Gasteiger partial charge is 0.123 e. The van der Waals surface area contributed by atoms with Gasteiger partial charge in [-0.3, -0.25) is 0 Å². The molecule has 1 aromatic carbocycles. The lowest BCUT2D eigenvalue weighted by atomic mass is 9.97. The summed E-state index contributed by atoms with van der Waals surface area (Å²) in [6.07, 6.45) is 10.1. The maximum Gasteiger partial charge on any atom is 0.123 e. The van der Waals surface area contributed by atoms with Crippen LogP contribution >= 0.6 is 0 Å². The van der Waals surface area contributed by atoms with Gasteiger partial charge in [0, 0.05) is 5.56 Å². The fourth-order valence-corrected chi connectivity index (χ4v) is 2.64. The molecule has 0 aliphatic carbocycles. The third kappa shape index (κ3) is 7.25. The summed E-state index contributed by atoms with van der Waals surface area (Å²) in [6, 6.07) is 3.62. The van der Waals surface area contributed by atoms with Gasteiger partial charge in [-0.2, -0.15) is 0 Å². The van der Waals surface area contributed by atoms with Crippen LogP contribution in [0.1, 0.15) is 71.4 Å². The molecule has 0 aliphatic heterocycles. The van der Waals surface area contributed by atoms with Gasteiger partial charge in [-0.25, -0.2) is 0 Å². The predicted octanol–water partition coefficient (Wildman–Crippen LogP) is 6.31. The zero-order valence-electron chi connectivity index (χ0n) is 16.0. The van der Waals surface area contributed by atoms with Gasteiger partial charge in [-0.15, -0.1) is 0 Å². The monoisotopic (exact) mass is 330 g/mol. The van der Waals surface area contributed by atoms with Crippen LogP contribution < -0.4 is 0 Å². The molecule has 0 saturated heterocycles. The summed E-state index contributed by atoms with van der Waals surface area (Å²) in [6.45, 7) is 10.7. The lowest BCUT2D eigenvalue weighted by Gasteiger charge is -2.11. The van der Waals surface area contributed by atoms with E-state index in [0.29, 0.717) is 17.9 Å². The van der Waals surface area contributed by atoms with E-state index in [2.05, 4.69) is 46.8 Å². The van der Waals surface area contributed by atoms with Crippen molar-refractivity contribution in [1.82, 2.24) is 0 Å². The zero-order chi connectivity index (χ0) is 18.1. The number of rotatable bonds is 9. The first kappa shape index (κ1) is 20.3. The van der Waals surface area contributed by atoms with Crippen molar-refractivity contribution in [2.24, 2.45) is 5.92 Å². The number of benzene rings is 1. The lowest BCUT2D eigenvalue weighted by Crippen LogP contribution is -1.96. The molecule has 0 radical (unpaired) electrons. The van der Waals surface area contributed by atoms with Gasteiger partial charge in [0.1, 0.15) is 11.5 Å². The highest BCUT2D eigenvalue weighted by Crippen LogP contribution is 2.31. The summed E-state index contributed by atoms with van der Waals surface area (Å²) in [5, 5.41) is 20.5. The second-order valence-corrected chi connectivity index (χ2v) is 7.24. The van der Waals surface area contributed by atoms with E-state index in [1.807, 2.05) is 12.1 Å². The van der Waals surface area contributed by atoms with E-state index in [1.165, 1.54) is 11.1 Å². The molecule has 0 spiro atoms. The van der Waals surface area contributed by atoms with Crippen LogP contribution in [-0.4, -0.2) is 10.2 Å². The highest BCUT2D eigenvalue weighted by molar-refractivity contribution is 5.47. The maximum absolute atomic E-state index is 10.3. The van der Waals surface area contributed by atoms with Gasteiger partial charge in [-0.05, 0) is 76.5 Å². The summed E-state index contributed by atoms with van der Waals surface area (Å²) < 4.78 is 0. The Kier molecular flexibility index (Phi) is 8.67. The van der Waals surface area contributed by atoms with Crippen molar-refractivity contribution >= 4 is 0 Å². The standard InChI is InChI=1S/C22H34O2/c1-6-17(4)10-12-19-14-21(23)20(22(24)15-19)13-11-18(5)9-7-8-16(2)3/h8,11,14-15,17,23-24H,6-7,9-10,12-13H2,1-5H3. The summed E-state index contributed by atoms with van der Waals surface area (Å²) in [5.74, 6) is 1.09. The molecule has 1 aromatic rings. The normalized spacial score (nSPS) is 13.0. The van der Waals surface area contributed by atoms with Crippen molar-refractivity contribution in [3.63, 3.8) is 0 Å². The Balaban J connectivity index is 2.70. The molecule has 1 unspecified atom stereocenters. The molecule has 0 amide bonds. The number of phenolic OH excluding ortho intramolecular Hbond substituents is 2. The summed E-state index contributed by atoms with van der Waals surface area (Å²) in [4.78, 5) is 0. The highest BCUT2D eigenvalue weighted by atomic mass is 16.3. The number of allylic oxidation sites excluding steroid dienone is 4. The van der Waals surface area contributed by atoms with Gasteiger partial charge in [0.2, 0.25) is 0 Å². The molecular formula is C22H34O2. The minimum Gasteiger partial charge on any atom is -0.508 e. The third-order valence-corrected chi connectivity index (χ3v) is 4.63. The fraction of sp³-hybridized carbons (Fsp3) is 0.545. The molecule has 0 fully saturated rings. The van der Waals surface area contributed by atoms with E-state index >= 15 is 0 Å². The van der Waals surface area contributed by atoms with E-state index in [1.54, 1.807) is 0 Å². The van der Waals surface area contributed by atoms with Crippen LogP contribution in [0.25, 0.3) is 0 Å². The van der Waals surface area contributed by atoms with Gasteiger partial charge in [0.25, 0.3) is 0 Å². The first-order valence-corrected chi connectivity index (χ1v) is 9.16. The molecule has 0 aliphatic rings. The number of phenols is 2. The van der Waals surface area contributed by atoms with Gasteiger partial charge in [0.15, 0.2) is 0 Å². The first-order chi connectivity index (χ1) is 11.3. The Hall–Kier alpha value is -1.70. The van der Waals surface area contributed by atoms with Gasteiger partial charge in [0.05, 0.1) is 0 Å². The van der Waals surface area contributed by atoms with Crippen LogP contribution in [-0.2, 0) is 12.8 Å². The predicted molar refractivity (Wildman–Crippen MR) is 104 cm³/mol. The molecule has 0 bridgehead atoms. The average molecular weight is 331 g/mol. The Morgan fingerprint density at radius 2 is 1.71 bits per heavy atom. The SMILES string of the molecule is CCC(C)CCc1cc(O)c(CC=C(C)CCC=C(C)C)c(O)c1. The molecule has 0 aromatic heterocycles. The molecule has 134 valence electrons. The van der Waals surface area contributed by atoms with E-state index in [-0.39, 0.29) is 11.5 Å². The summed E-state index contributed by atoms with van der Waals surface area (Å²) >= 11 is 0. The van der Waals surface area contributed by atoms with Crippen molar-refractivity contribution in [3.05, 3.63) is 46.6 Å². The van der Waals surface area contributed by atoms with Gasteiger partial charge >= 0.3 is 0 Å². The van der Waals surface area contributed by atoms with Crippen molar-refractivity contribution in [1.29, 1.82) is 0 Å². The molecule has 24 heavy (non-hydrogen) atoms. The number of hydrogen-bond donors (Lipinski definition) is 2. The highest BCUT2D eigenvalue weighted by Gasteiger charge is 2.10. The minimum absolute atomic E-state index is 0.211. The topological polar surface area (TPSA) is 40.5 Å². The average Bonchev–Trinajstić information content (AvgIpc) is 2.51. The van der Waals surface area contributed by atoms with Crippen molar-refractivity contribution < 1.29 is 10.2 Å². The molecule has 2 N–H and O–H groups in total. The van der Waals surface area contributed by atoms with Crippen molar-refractivity contribution in [2.75, 3.05) is 0 Å². The van der Waals surface area contributed by atoms with Crippen LogP contribution in [0.3, 0.4) is 0 Å². The molecular weight excluding hydrogens is 296 g/mol. The minimum atomic E-state index is 0.211. The van der Waals surface area contributed by atoms with Crippen LogP contribution in [0.4, 0.5) is 0 Å². The van der Waals surface area contributed by atoms with Crippen LogP contribution in [0.2, 0.25) is 0 Å². The Bertz CT molecular complexity index is 555. The van der Waals surface area contributed by atoms with E-state index in [0.717, 1.165) is 37.7 Å². The van der Waals surface area contributed by atoms with E-state index in [9.17, 15) is 10.2 Å². The van der Waals surface area contributed by atoms with E-state index < -0.39 is 0 Å². The second-order valence-electron chi connectivity index (χ2n) is 7.24. The summed E-state index contributed by atoms with van der Waals surface area (Å²) in [7, 11) is 0. The first-order valence-electron chi connectivity index (χ1n) is 9.16. The van der Waals surface area contributed by atoms with Crippen molar-refractivity contribution in [3.8, 4) is 11.5 Å². The summed E-state index contributed by atoms with van der Waals surface area (Å²) in [5.41, 5.74) is 4.26. The van der Waals surface area contributed by atoms with E-state index in [4.69, 9.17) is 0 Å².